The van der Waals surface area contributed by atoms with E-state index >= 15 is 0 Å². The van der Waals surface area contributed by atoms with E-state index < -0.39 is 15.8 Å². The molecule has 0 radical (unpaired) electrons. The van der Waals surface area contributed by atoms with Gasteiger partial charge in [-0.25, -0.2) is 17.5 Å². The molecule has 0 atom stereocenters. The zero-order chi connectivity index (χ0) is 16.7. The average Bonchev–Trinajstić information content (AvgIpc) is 2.80. The Hall–Kier alpha value is -0.890. The molecule has 1 saturated carbocycles. The fourth-order valence-electron chi connectivity index (χ4n) is 2.84. The Bertz CT molecular complexity index is 605. The number of hydrogen-bond donors (Lipinski definition) is 2. The van der Waals surface area contributed by atoms with E-state index in [1.807, 2.05) is 0 Å². The normalized spacial score (nSPS) is 16.2. The van der Waals surface area contributed by atoms with Crippen LogP contribution in [0.5, 0.6) is 5.75 Å². The van der Waals surface area contributed by atoms with Gasteiger partial charge in [-0.3, -0.25) is 0 Å². The molecule has 2 N–H and O–H groups in total. The second kappa shape index (κ2) is 10.2. The maximum absolute atomic E-state index is 13.4. The lowest BCUT2D eigenvalue weighted by Crippen LogP contribution is -2.36. The molecular weight excluding hydrogens is 355 g/mol. The third-order valence-electron chi connectivity index (χ3n) is 4.14. The monoisotopic (exact) mass is 380 g/mol. The summed E-state index contributed by atoms with van der Waals surface area (Å²) < 4.78 is 45.1. The fraction of sp³-hybridized carbons (Fsp3) is 0.625. The summed E-state index contributed by atoms with van der Waals surface area (Å²) in [5, 5.41) is 3.41. The molecule has 1 fully saturated rings. The lowest BCUT2D eigenvalue weighted by atomic mass is 10.1. The Kier molecular flexibility index (Phi) is 8.97. The summed E-state index contributed by atoms with van der Waals surface area (Å²) in [6.45, 7) is 0.890. The van der Waals surface area contributed by atoms with Crippen LogP contribution in [0.1, 0.15) is 38.5 Å². The van der Waals surface area contributed by atoms with Gasteiger partial charge in [0.25, 0.3) is 0 Å². The molecule has 24 heavy (non-hydrogen) atoms. The number of benzene rings is 1. The van der Waals surface area contributed by atoms with Gasteiger partial charge in [0.2, 0.25) is 10.0 Å². The summed E-state index contributed by atoms with van der Waals surface area (Å²) in [6.07, 6.45) is 7.36. The first kappa shape index (κ1) is 21.2. The van der Waals surface area contributed by atoms with E-state index in [4.69, 9.17) is 4.74 Å². The van der Waals surface area contributed by atoms with Gasteiger partial charge in [0.1, 0.15) is 0 Å². The van der Waals surface area contributed by atoms with Crippen LogP contribution in [0, 0.1) is 5.82 Å². The molecular formula is C16H26ClFN2O3S. The molecule has 1 aliphatic carbocycles. The van der Waals surface area contributed by atoms with Crippen molar-refractivity contribution >= 4 is 22.4 Å². The van der Waals surface area contributed by atoms with E-state index in [1.54, 1.807) is 0 Å². The Morgan fingerprint density at radius 2 is 1.83 bits per heavy atom. The molecule has 0 spiro atoms. The number of ether oxygens (including phenoxy) is 1. The van der Waals surface area contributed by atoms with Crippen molar-refractivity contribution in [2.75, 3.05) is 20.2 Å². The van der Waals surface area contributed by atoms with Crippen molar-refractivity contribution in [1.29, 1.82) is 0 Å². The van der Waals surface area contributed by atoms with E-state index in [2.05, 4.69) is 10.0 Å². The minimum atomic E-state index is -3.66. The van der Waals surface area contributed by atoms with Gasteiger partial charge in [0, 0.05) is 25.2 Å². The highest BCUT2D eigenvalue weighted by atomic mass is 35.5. The predicted octanol–water partition coefficient (Wildman–Crippen LogP) is 2.85. The van der Waals surface area contributed by atoms with Crippen LogP contribution < -0.4 is 14.8 Å². The summed E-state index contributed by atoms with van der Waals surface area (Å²) in [5.74, 6) is -0.661. The van der Waals surface area contributed by atoms with Gasteiger partial charge in [-0.2, -0.15) is 0 Å². The number of hydrogen-bond acceptors (Lipinski definition) is 4. The molecule has 138 valence electrons. The lowest BCUT2D eigenvalue weighted by molar-refractivity contribution is 0.385. The summed E-state index contributed by atoms with van der Waals surface area (Å²) in [7, 11) is -2.35. The second-order valence-electron chi connectivity index (χ2n) is 5.84. The fourth-order valence-corrected chi connectivity index (χ4v) is 3.88. The van der Waals surface area contributed by atoms with Crippen LogP contribution in [-0.4, -0.2) is 34.7 Å². The maximum atomic E-state index is 13.4. The predicted molar refractivity (Wildman–Crippen MR) is 94.9 cm³/mol. The quantitative estimate of drug-likeness (QED) is 0.563. The van der Waals surface area contributed by atoms with Crippen molar-refractivity contribution in [3.05, 3.63) is 24.0 Å². The molecule has 2 rings (SSSR count). The van der Waals surface area contributed by atoms with Crippen LogP contribution in [0.15, 0.2) is 23.1 Å². The molecule has 1 aromatic rings. The minimum absolute atomic E-state index is 0. The number of methoxy groups -OCH3 is 1. The van der Waals surface area contributed by atoms with E-state index in [0.717, 1.165) is 18.9 Å². The Morgan fingerprint density at radius 1 is 1.17 bits per heavy atom. The van der Waals surface area contributed by atoms with Gasteiger partial charge in [-0.1, -0.05) is 25.7 Å². The van der Waals surface area contributed by atoms with Crippen molar-refractivity contribution in [1.82, 2.24) is 10.0 Å². The molecule has 1 aliphatic rings. The second-order valence-corrected chi connectivity index (χ2v) is 7.60. The van der Waals surface area contributed by atoms with Crippen LogP contribution in [-0.2, 0) is 10.0 Å². The Labute approximate surface area is 149 Å². The third-order valence-corrected chi connectivity index (χ3v) is 5.60. The van der Waals surface area contributed by atoms with Gasteiger partial charge in [-0.15, -0.1) is 12.4 Å². The van der Waals surface area contributed by atoms with Crippen LogP contribution in [0.4, 0.5) is 4.39 Å². The molecule has 0 aromatic heterocycles. The average molecular weight is 381 g/mol. The van der Waals surface area contributed by atoms with Gasteiger partial charge in [0.15, 0.2) is 11.6 Å². The third kappa shape index (κ3) is 6.20. The standard InChI is InChI=1S/C16H25FN2O3S.ClH/c1-22-16-12-14(8-9-15(16)17)23(20,21)19-11-10-18-13-6-4-2-3-5-7-13;/h8-9,12-13,18-19H,2-7,10-11H2,1H3;1H. The van der Waals surface area contributed by atoms with Gasteiger partial charge in [0.05, 0.1) is 12.0 Å². The van der Waals surface area contributed by atoms with E-state index in [1.165, 1.54) is 44.9 Å². The molecule has 1 aromatic carbocycles. The first-order chi connectivity index (χ1) is 11.0. The molecule has 0 heterocycles. The van der Waals surface area contributed by atoms with Crippen LogP contribution >= 0.6 is 12.4 Å². The van der Waals surface area contributed by atoms with Crippen molar-refractivity contribution < 1.29 is 17.5 Å². The van der Waals surface area contributed by atoms with Crippen LogP contribution in [0.3, 0.4) is 0 Å². The zero-order valence-corrected chi connectivity index (χ0v) is 15.5. The lowest BCUT2D eigenvalue weighted by Gasteiger charge is -2.16. The SMILES string of the molecule is COc1cc(S(=O)(=O)NCCNC2CCCCCC2)ccc1F.Cl. The minimum Gasteiger partial charge on any atom is -0.494 e. The largest absolute Gasteiger partial charge is 0.494 e. The number of rotatable bonds is 7. The highest BCUT2D eigenvalue weighted by Crippen LogP contribution is 2.21. The highest BCUT2D eigenvalue weighted by Gasteiger charge is 2.17. The molecule has 8 heteroatoms. The highest BCUT2D eigenvalue weighted by molar-refractivity contribution is 7.89. The summed E-state index contributed by atoms with van der Waals surface area (Å²) in [4.78, 5) is 0.00483. The first-order valence-corrected chi connectivity index (χ1v) is 9.58. The van der Waals surface area contributed by atoms with Gasteiger partial charge < -0.3 is 10.1 Å². The zero-order valence-electron chi connectivity index (χ0n) is 13.9. The Morgan fingerprint density at radius 3 is 2.46 bits per heavy atom. The number of halogens is 2. The molecule has 0 amide bonds. The molecule has 0 bridgehead atoms. The molecule has 0 unspecified atom stereocenters. The summed E-state index contributed by atoms with van der Waals surface area (Å²) >= 11 is 0. The maximum Gasteiger partial charge on any atom is 0.240 e. The molecule has 5 nitrogen and oxygen atoms in total. The number of sulfonamides is 1. The topological polar surface area (TPSA) is 67.4 Å². The van der Waals surface area contributed by atoms with Gasteiger partial charge >= 0.3 is 0 Å². The van der Waals surface area contributed by atoms with Crippen molar-refractivity contribution in [3.63, 3.8) is 0 Å². The van der Waals surface area contributed by atoms with E-state index in [9.17, 15) is 12.8 Å². The van der Waals surface area contributed by atoms with E-state index in [-0.39, 0.29) is 23.1 Å². The van der Waals surface area contributed by atoms with Crippen LogP contribution in [0.25, 0.3) is 0 Å². The van der Waals surface area contributed by atoms with Crippen molar-refractivity contribution in [2.45, 2.75) is 49.5 Å². The van der Waals surface area contributed by atoms with Gasteiger partial charge in [-0.05, 0) is 25.0 Å². The van der Waals surface area contributed by atoms with E-state index in [0.29, 0.717) is 19.1 Å². The summed E-state index contributed by atoms with van der Waals surface area (Å²) in [6, 6.07) is 4.00. The number of nitrogens with one attached hydrogen (secondary N) is 2. The first-order valence-electron chi connectivity index (χ1n) is 8.09. The molecule has 0 aliphatic heterocycles. The van der Waals surface area contributed by atoms with Crippen molar-refractivity contribution in [3.8, 4) is 5.75 Å². The molecule has 0 saturated heterocycles. The van der Waals surface area contributed by atoms with Crippen LogP contribution in [0.2, 0.25) is 0 Å². The Balaban J connectivity index is 0.00000288. The van der Waals surface area contributed by atoms with Crippen molar-refractivity contribution in [2.24, 2.45) is 0 Å². The smallest absolute Gasteiger partial charge is 0.240 e. The summed E-state index contributed by atoms with van der Waals surface area (Å²) in [5.41, 5.74) is 0.